The zero-order valence-electron chi connectivity index (χ0n) is 25.1. The molecule has 0 saturated heterocycles. The number of aliphatic hydroxyl groups excluding tert-OH is 1. The highest BCUT2D eigenvalue weighted by Gasteiger charge is 2.50. The van der Waals surface area contributed by atoms with Crippen LogP contribution in [0.25, 0.3) is 0 Å². The molecule has 39 heavy (non-hydrogen) atoms. The molecule has 1 unspecified atom stereocenters. The van der Waals surface area contributed by atoms with Crippen molar-refractivity contribution in [2.75, 3.05) is 6.61 Å². The van der Waals surface area contributed by atoms with Gasteiger partial charge < -0.3 is 9.53 Å². The highest BCUT2D eigenvalue weighted by Crippen LogP contribution is 2.37. The van der Waals surface area contributed by atoms with Crippen molar-refractivity contribution in [3.05, 3.63) is 60.7 Å². The van der Waals surface area contributed by atoms with E-state index in [-0.39, 0.29) is 17.7 Å². The monoisotopic (exact) mass is 544 g/mol. The molecule has 1 N–H and O–H groups in total. The first-order valence-electron chi connectivity index (χ1n) is 15.2. The molecule has 0 saturated carbocycles. The van der Waals surface area contributed by atoms with Crippen LogP contribution in [0.15, 0.2) is 60.7 Å². The molecule has 0 aromatic heterocycles. The number of hydrogen-bond donors (Lipinski definition) is 1. The minimum absolute atomic E-state index is 0.0117. The molecule has 0 aliphatic rings. The summed E-state index contributed by atoms with van der Waals surface area (Å²) in [5.41, 5.74) is 0. The molecule has 0 aliphatic heterocycles. The zero-order valence-corrected chi connectivity index (χ0v) is 26.1. The average molecular weight is 545 g/mol. The lowest BCUT2D eigenvalue weighted by molar-refractivity contribution is 0.194. The Morgan fingerprint density at radius 2 is 1.05 bits per heavy atom. The first kappa shape index (κ1) is 32.9. The quantitative estimate of drug-likeness (QED) is 0.132. The van der Waals surface area contributed by atoms with Crippen LogP contribution in [0.3, 0.4) is 0 Å². The van der Waals surface area contributed by atoms with E-state index in [1.54, 1.807) is 0 Å². The Balaban J connectivity index is 1.73. The molecule has 0 amide bonds. The van der Waals surface area contributed by atoms with Crippen molar-refractivity contribution >= 4 is 18.7 Å². The molecule has 2 rings (SSSR count). The summed E-state index contributed by atoms with van der Waals surface area (Å²) in [7, 11) is -2.48. The van der Waals surface area contributed by atoms with Gasteiger partial charge in [0.2, 0.25) is 0 Å². The topological polar surface area (TPSA) is 29.5 Å². The molecule has 1 atom stereocenters. The third-order valence-electron chi connectivity index (χ3n) is 7.27. The van der Waals surface area contributed by atoms with E-state index in [0.717, 1.165) is 51.4 Å². The third kappa shape index (κ3) is 11.8. The van der Waals surface area contributed by atoms with Crippen LogP contribution >= 0.6 is 0 Å². The number of hydrogen-bond acceptors (Lipinski definition) is 2. The average Bonchev–Trinajstić information content (AvgIpc) is 2.93. The summed E-state index contributed by atoms with van der Waals surface area (Å²) in [5, 5.41) is 11.5. The van der Waals surface area contributed by atoms with E-state index in [9.17, 15) is 0 Å². The molecule has 0 aliphatic carbocycles. The number of unbranched alkanes of at least 4 members (excludes halogenated alkanes) is 9. The van der Waals surface area contributed by atoms with E-state index in [0.29, 0.717) is 0 Å². The summed E-state index contributed by atoms with van der Waals surface area (Å²) in [6, 6.07) is 21.8. The first-order valence-corrected chi connectivity index (χ1v) is 17.1. The molecule has 0 spiro atoms. The van der Waals surface area contributed by atoms with Crippen LogP contribution in [0.4, 0.5) is 0 Å². The number of aliphatic hydroxyl groups is 1. The van der Waals surface area contributed by atoms with Crippen LogP contribution < -0.4 is 10.4 Å². The lowest BCUT2D eigenvalue weighted by Gasteiger charge is -2.44. The van der Waals surface area contributed by atoms with Crippen LogP contribution in [0.2, 0.25) is 5.04 Å². The molecule has 0 bridgehead atoms. The van der Waals surface area contributed by atoms with Gasteiger partial charge in [-0.05, 0) is 60.9 Å². The predicted molar refractivity (Wildman–Crippen MR) is 171 cm³/mol. The van der Waals surface area contributed by atoms with E-state index < -0.39 is 8.32 Å². The fourth-order valence-electron chi connectivity index (χ4n) is 5.17. The van der Waals surface area contributed by atoms with Gasteiger partial charge in [-0.2, -0.15) is 0 Å². The highest BCUT2D eigenvalue weighted by molar-refractivity contribution is 6.99. The van der Waals surface area contributed by atoms with Gasteiger partial charge in [0.1, 0.15) is 0 Å². The molecule has 3 heteroatoms. The molecule has 0 heterocycles. The molecule has 2 nitrogen and oxygen atoms in total. The fourth-order valence-corrected chi connectivity index (χ4v) is 9.90. The van der Waals surface area contributed by atoms with E-state index in [4.69, 9.17) is 9.53 Å². The van der Waals surface area contributed by atoms with E-state index >= 15 is 0 Å². The largest absolute Gasteiger partial charge is 0.405 e. The lowest BCUT2D eigenvalue weighted by Crippen LogP contribution is -2.67. The second-order valence-electron chi connectivity index (χ2n) is 11.6. The highest BCUT2D eigenvalue weighted by atomic mass is 28.4. The van der Waals surface area contributed by atoms with Crippen molar-refractivity contribution < 1.29 is 9.53 Å². The Hall–Kier alpha value is -2.30. The first-order chi connectivity index (χ1) is 18.9. The van der Waals surface area contributed by atoms with Gasteiger partial charge in [0, 0.05) is 38.4 Å². The Bertz CT molecular complexity index is 979. The van der Waals surface area contributed by atoms with Gasteiger partial charge in [-0.1, -0.05) is 101 Å². The maximum Gasteiger partial charge on any atom is 0.261 e. The van der Waals surface area contributed by atoms with Crippen LogP contribution in [0, 0.1) is 23.7 Å². The predicted octanol–water partition coefficient (Wildman–Crippen LogP) is 8.02. The second-order valence-corrected chi connectivity index (χ2v) is 15.9. The fraction of sp³-hybridized carbons (Fsp3) is 0.556. The molecule has 0 fully saturated rings. The standard InChI is InChI=1S/C36H52O2Si/c1-33(27-21-17-15-13-11-9-7-5-6-8-10-12-14-16-18-26-32-37)38-39(36(2,3)4,34-28-22-19-23-29-34)35-30-24-20-25-31-35/h19-20,22-25,28-31,33,37H,5-11,16-18,21,26-27,32H2,1-4H3. The second kappa shape index (κ2) is 18.9. The summed E-state index contributed by atoms with van der Waals surface area (Å²) in [5.74, 6) is 13.3. The van der Waals surface area contributed by atoms with E-state index in [1.165, 1.54) is 42.5 Å². The molecule has 2 aromatic rings. The van der Waals surface area contributed by atoms with Crippen LogP contribution in [0.1, 0.15) is 111 Å². The minimum atomic E-state index is -2.48. The lowest BCUT2D eigenvalue weighted by atomic mass is 10.1. The Morgan fingerprint density at radius 1 is 0.641 bits per heavy atom. The summed E-state index contributed by atoms with van der Waals surface area (Å²) in [6.07, 6.45) is 14.3. The number of benzene rings is 2. The van der Waals surface area contributed by atoms with Gasteiger partial charge in [-0.15, -0.1) is 23.7 Å². The Labute approximate surface area is 241 Å². The SMILES string of the molecule is CC(CCCC#CCCCCCCCC#CCCCCO)O[Si](c1ccccc1)(c1ccccc1)C(C)(C)C. The normalized spacial score (nSPS) is 12.2. The van der Waals surface area contributed by atoms with Gasteiger partial charge in [-0.3, -0.25) is 0 Å². The smallest absolute Gasteiger partial charge is 0.261 e. The zero-order chi connectivity index (χ0) is 28.2. The van der Waals surface area contributed by atoms with E-state index in [2.05, 4.69) is 112 Å². The molecule has 2 aromatic carbocycles. The van der Waals surface area contributed by atoms with E-state index in [1.807, 2.05) is 0 Å². The maximum atomic E-state index is 8.76. The van der Waals surface area contributed by atoms with Crippen LogP contribution in [-0.4, -0.2) is 26.1 Å². The van der Waals surface area contributed by atoms with Crippen molar-refractivity contribution in [3.63, 3.8) is 0 Å². The number of rotatable bonds is 16. The summed E-state index contributed by atoms with van der Waals surface area (Å²) in [6.45, 7) is 9.55. The van der Waals surface area contributed by atoms with Crippen molar-refractivity contribution in [1.29, 1.82) is 0 Å². The van der Waals surface area contributed by atoms with Gasteiger partial charge in [0.05, 0.1) is 0 Å². The third-order valence-corrected chi connectivity index (χ3v) is 12.4. The summed E-state index contributed by atoms with van der Waals surface area (Å²) in [4.78, 5) is 0. The van der Waals surface area contributed by atoms with Crippen molar-refractivity contribution in [2.45, 2.75) is 122 Å². The maximum absolute atomic E-state index is 8.76. The van der Waals surface area contributed by atoms with Gasteiger partial charge in [0.25, 0.3) is 8.32 Å². The van der Waals surface area contributed by atoms with Gasteiger partial charge >= 0.3 is 0 Å². The van der Waals surface area contributed by atoms with Crippen molar-refractivity contribution in [1.82, 2.24) is 0 Å². The van der Waals surface area contributed by atoms with Crippen molar-refractivity contribution in [2.24, 2.45) is 0 Å². The molecular formula is C36H52O2Si. The van der Waals surface area contributed by atoms with Gasteiger partial charge in [0.15, 0.2) is 0 Å². The molecule has 212 valence electrons. The Kier molecular flexibility index (Phi) is 15.9. The summed E-state index contributed by atoms with van der Waals surface area (Å²) < 4.78 is 7.18. The minimum Gasteiger partial charge on any atom is -0.405 e. The van der Waals surface area contributed by atoms with Crippen LogP contribution in [-0.2, 0) is 4.43 Å². The molecule has 0 radical (unpaired) electrons. The van der Waals surface area contributed by atoms with Crippen molar-refractivity contribution in [3.8, 4) is 23.7 Å². The van der Waals surface area contributed by atoms with Gasteiger partial charge in [-0.25, -0.2) is 0 Å². The van der Waals surface area contributed by atoms with Crippen LogP contribution in [0.5, 0.6) is 0 Å². The Morgan fingerprint density at radius 3 is 1.49 bits per heavy atom. The molecular weight excluding hydrogens is 492 g/mol. The summed E-state index contributed by atoms with van der Waals surface area (Å²) >= 11 is 0.